The van der Waals surface area contributed by atoms with Crippen molar-refractivity contribution in [2.75, 3.05) is 7.11 Å². The van der Waals surface area contributed by atoms with Gasteiger partial charge in [0.25, 0.3) is 5.91 Å². The van der Waals surface area contributed by atoms with Crippen LogP contribution in [0.25, 0.3) is 0 Å². The summed E-state index contributed by atoms with van der Waals surface area (Å²) in [5.74, 6) is -3.42. The number of carboxylic acid groups (broad SMARTS) is 1. The smallest absolute Gasteiger partial charge is 0.332 e. The van der Waals surface area contributed by atoms with E-state index in [-0.39, 0.29) is 11.8 Å². The zero-order chi connectivity index (χ0) is 16.6. The van der Waals surface area contributed by atoms with Gasteiger partial charge in [-0.2, -0.15) is 0 Å². The van der Waals surface area contributed by atoms with E-state index in [9.17, 15) is 19.5 Å². The fourth-order valence-corrected chi connectivity index (χ4v) is 4.30. The fraction of sp³-hybridized carbons (Fsp3) is 0.471. The fourth-order valence-electron chi connectivity index (χ4n) is 4.30. The van der Waals surface area contributed by atoms with E-state index in [0.717, 1.165) is 12.8 Å². The van der Waals surface area contributed by atoms with Gasteiger partial charge in [0.15, 0.2) is 5.54 Å². The first-order chi connectivity index (χ1) is 11.0. The molecule has 1 amide bonds. The second kappa shape index (κ2) is 5.68. The van der Waals surface area contributed by atoms with Gasteiger partial charge in [0.05, 0.1) is 13.0 Å². The Balaban J connectivity index is 1.99. The molecule has 2 bridgehead atoms. The summed E-state index contributed by atoms with van der Waals surface area (Å²) >= 11 is 0. The molecule has 2 fully saturated rings. The van der Waals surface area contributed by atoms with Crippen LogP contribution in [0.1, 0.15) is 29.6 Å². The molecule has 2 N–H and O–H groups in total. The van der Waals surface area contributed by atoms with Crippen molar-refractivity contribution < 1.29 is 24.2 Å². The van der Waals surface area contributed by atoms with Crippen molar-refractivity contribution in [3.8, 4) is 0 Å². The van der Waals surface area contributed by atoms with Crippen LogP contribution in [-0.4, -0.2) is 35.6 Å². The van der Waals surface area contributed by atoms with Crippen molar-refractivity contribution in [3.63, 3.8) is 0 Å². The van der Waals surface area contributed by atoms with Gasteiger partial charge >= 0.3 is 11.9 Å². The molecule has 0 aliphatic heterocycles. The number of ether oxygens (including phenoxy) is 1. The van der Waals surface area contributed by atoms with Crippen LogP contribution in [0.4, 0.5) is 0 Å². The number of hydrogen-bond donors (Lipinski definition) is 2. The van der Waals surface area contributed by atoms with Gasteiger partial charge in [-0.05, 0) is 43.2 Å². The minimum absolute atomic E-state index is 0.104. The molecule has 6 nitrogen and oxygen atoms in total. The molecule has 0 spiro atoms. The molecule has 2 aliphatic rings. The molecule has 1 aromatic rings. The first kappa shape index (κ1) is 15.5. The summed E-state index contributed by atoms with van der Waals surface area (Å²) in [6.45, 7) is 0. The average Bonchev–Trinajstić information content (AvgIpc) is 3.14. The summed E-state index contributed by atoms with van der Waals surface area (Å²) in [5, 5.41) is 12.4. The van der Waals surface area contributed by atoms with Crippen molar-refractivity contribution in [2.24, 2.45) is 17.8 Å². The quantitative estimate of drug-likeness (QED) is 0.820. The molecule has 1 aromatic carbocycles. The number of methoxy groups -OCH3 is 1. The van der Waals surface area contributed by atoms with Gasteiger partial charge in [-0.25, -0.2) is 4.79 Å². The number of esters is 1. The predicted molar refractivity (Wildman–Crippen MR) is 80.6 cm³/mol. The standard InChI is InChI=1S/C17H19NO5/c1-23-16(22)17(18-14(19)10-5-3-2-4-6-10)12-8-7-11(9-12)13(17)15(20)21/h2-6,11-13H,7-9H2,1H3,(H,18,19)(H,20,21)/t11-,12+,13+,17+/m1/s1. The number of benzene rings is 1. The van der Waals surface area contributed by atoms with Gasteiger partial charge in [-0.15, -0.1) is 0 Å². The normalized spacial score (nSPS) is 31.6. The first-order valence-corrected chi connectivity index (χ1v) is 7.69. The van der Waals surface area contributed by atoms with E-state index in [4.69, 9.17) is 4.74 Å². The van der Waals surface area contributed by atoms with E-state index in [1.807, 2.05) is 0 Å². The summed E-state index contributed by atoms with van der Waals surface area (Å²) in [5.41, 5.74) is -1.08. The van der Waals surface area contributed by atoms with E-state index >= 15 is 0 Å². The minimum Gasteiger partial charge on any atom is -0.481 e. The van der Waals surface area contributed by atoms with Crippen molar-refractivity contribution in [1.29, 1.82) is 0 Å². The SMILES string of the molecule is COC(=O)[C@]1(NC(=O)c2ccccc2)[C@H]2CC[C@H](C2)[C@H]1C(=O)O. The van der Waals surface area contributed by atoms with Crippen LogP contribution in [0, 0.1) is 17.8 Å². The zero-order valence-corrected chi connectivity index (χ0v) is 12.8. The Labute approximate surface area is 133 Å². The largest absolute Gasteiger partial charge is 0.481 e. The maximum atomic E-state index is 12.6. The van der Waals surface area contributed by atoms with E-state index < -0.39 is 29.3 Å². The summed E-state index contributed by atoms with van der Waals surface area (Å²) in [4.78, 5) is 36.9. The lowest BCUT2D eigenvalue weighted by Crippen LogP contribution is -2.64. The Hall–Kier alpha value is -2.37. The van der Waals surface area contributed by atoms with Crippen LogP contribution in [0.5, 0.6) is 0 Å². The number of fused-ring (bicyclic) bond motifs is 2. The molecule has 0 heterocycles. The van der Waals surface area contributed by atoms with Gasteiger partial charge in [-0.3, -0.25) is 9.59 Å². The van der Waals surface area contributed by atoms with Gasteiger partial charge in [0, 0.05) is 5.56 Å². The molecule has 0 saturated heterocycles. The molecule has 23 heavy (non-hydrogen) atoms. The highest BCUT2D eigenvalue weighted by Gasteiger charge is 2.66. The third kappa shape index (κ3) is 2.29. The molecule has 2 aliphatic carbocycles. The summed E-state index contributed by atoms with van der Waals surface area (Å²) in [6, 6.07) is 8.47. The molecule has 0 aromatic heterocycles. The number of amides is 1. The van der Waals surface area contributed by atoms with Gasteiger partial charge in [0.1, 0.15) is 0 Å². The van der Waals surface area contributed by atoms with Gasteiger partial charge in [-0.1, -0.05) is 18.2 Å². The Morgan fingerprint density at radius 1 is 1.22 bits per heavy atom. The van der Waals surface area contributed by atoms with Crippen molar-refractivity contribution in [2.45, 2.75) is 24.8 Å². The van der Waals surface area contributed by atoms with Crippen LogP contribution < -0.4 is 5.32 Å². The zero-order valence-electron chi connectivity index (χ0n) is 12.8. The lowest BCUT2D eigenvalue weighted by Gasteiger charge is -2.39. The van der Waals surface area contributed by atoms with E-state index in [1.54, 1.807) is 30.3 Å². The lowest BCUT2D eigenvalue weighted by atomic mass is 9.72. The van der Waals surface area contributed by atoms with Crippen LogP contribution in [0.3, 0.4) is 0 Å². The van der Waals surface area contributed by atoms with Crippen molar-refractivity contribution >= 4 is 17.8 Å². The Kier molecular flexibility index (Phi) is 3.83. The Morgan fingerprint density at radius 3 is 2.52 bits per heavy atom. The molecule has 6 heteroatoms. The Bertz CT molecular complexity index is 644. The average molecular weight is 317 g/mol. The van der Waals surface area contributed by atoms with E-state index in [0.29, 0.717) is 12.0 Å². The molecule has 0 unspecified atom stereocenters. The van der Waals surface area contributed by atoms with E-state index in [2.05, 4.69) is 5.32 Å². The summed E-state index contributed by atoms with van der Waals surface area (Å²) in [7, 11) is 1.23. The highest BCUT2D eigenvalue weighted by Crippen LogP contribution is 2.55. The molecule has 0 radical (unpaired) electrons. The van der Waals surface area contributed by atoms with Crippen molar-refractivity contribution in [3.05, 3.63) is 35.9 Å². The number of rotatable bonds is 4. The number of aliphatic carboxylic acids is 1. The summed E-state index contributed by atoms with van der Waals surface area (Å²) in [6.07, 6.45) is 2.11. The second-order valence-electron chi connectivity index (χ2n) is 6.27. The molecule has 2 saturated carbocycles. The maximum Gasteiger partial charge on any atom is 0.332 e. The van der Waals surface area contributed by atoms with Crippen LogP contribution in [0.2, 0.25) is 0 Å². The highest BCUT2D eigenvalue weighted by atomic mass is 16.5. The van der Waals surface area contributed by atoms with E-state index in [1.165, 1.54) is 7.11 Å². The molecular weight excluding hydrogens is 298 g/mol. The molecule has 3 rings (SSSR count). The summed E-state index contributed by atoms with van der Waals surface area (Å²) < 4.78 is 4.89. The highest BCUT2D eigenvalue weighted by molar-refractivity contribution is 6.00. The van der Waals surface area contributed by atoms with Gasteiger partial charge in [0.2, 0.25) is 0 Å². The number of carbonyl (C=O) groups is 3. The first-order valence-electron chi connectivity index (χ1n) is 7.69. The molecule has 122 valence electrons. The maximum absolute atomic E-state index is 12.6. The minimum atomic E-state index is -1.48. The predicted octanol–water partition coefficient (Wildman–Crippen LogP) is 1.46. The third-order valence-corrected chi connectivity index (χ3v) is 5.22. The van der Waals surface area contributed by atoms with Crippen LogP contribution >= 0.6 is 0 Å². The lowest BCUT2D eigenvalue weighted by molar-refractivity contribution is -0.162. The van der Waals surface area contributed by atoms with Crippen LogP contribution in [-0.2, 0) is 14.3 Å². The number of nitrogens with one attached hydrogen (secondary N) is 1. The molecular formula is C17H19NO5. The number of hydrogen-bond acceptors (Lipinski definition) is 4. The monoisotopic (exact) mass is 317 g/mol. The third-order valence-electron chi connectivity index (χ3n) is 5.22. The molecule has 4 atom stereocenters. The number of carbonyl (C=O) groups excluding carboxylic acids is 2. The topological polar surface area (TPSA) is 92.7 Å². The van der Waals surface area contributed by atoms with Crippen LogP contribution in [0.15, 0.2) is 30.3 Å². The second-order valence-corrected chi connectivity index (χ2v) is 6.27. The van der Waals surface area contributed by atoms with Crippen molar-refractivity contribution in [1.82, 2.24) is 5.32 Å². The Morgan fingerprint density at radius 2 is 1.91 bits per heavy atom. The number of carboxylic acids is 1. The van der Waals surface area contributed by atoms with Gasteiger partial charge < -0.3 is 15.2 Å².